The number of para-hydroxylation sites is 1. The molecule has 3 N–H and O–H groups in total. The molecular formula is C21H17ClN2O3. The first kappa shape index (κ1) is 18.5. The molecule has 0 unspecified atom stereocenters. The number of carbonyl (C=O) groups is 1. The largest absolute Gasteiger partial charge is 0.507 e. The lowest BCUT2D eigenvalue weighted by Crippen LogP contribution is -2.17. The summed E-state index contributed by atoms with van der Waals surface area (Å²) >= 11 is 6.19. The van der Waals surface area contributed by atoms with Gasteiger partial charge in [0.1, 0.15) is 11.5 Å². The molecule has 0 aliphatic carbocycles. The minimum absolute atomic E-state index is 0.0402. The van der Waals surface area contributed by atoms with Gasteiger partial charge in [-0.15, -0.1) is 0 Å². The van der Waals surface area contributed by atoms with Gasteiger partial charge < -0.3 is 10.2 Å². The summed E-state index contributed by atoms with van der Waals surface area (Å²) in [6.07, 6.45) is 1.95. The van der Waals surface area contributed by atoms with Crippen molar-refractivity contribution in [2.24, 2.45) is 5.10 Å². The molecule has 0 aliphatic rings. The predicted octanol–water partition coefficient (Wildman–Crippen LogP) is 4.11. The van der Waals surface area contributed by atoms with Gasteiger partial charge in [-0.3, -0.25) is 4.79 Å². The van der Waals surface area contributed by atoms with E-state index in [1.807, 2.05) is 24.3 Å². The minimum Gasteiger partial charge on any atom is -0.507 e. The maximum atomic E-state index is 12.0. The van der Waals surface area contributed by atoms with Crippen LogP contribution in [-0.4, -0.2) is 22.3 Å². The molecule has 3 aromatic rings. The van der Waals surface area contributed by atoms with Crippen molar-refractivity contribution in [3.05, 3.63) is 94.0 Å². The molecular weight excluding hydrogens is 364 g/mol. The summed E-state index contributed by atoms with van der Waals surface area (Å²) in [4.78, 5) is 12.0. The number of halogens is 1. The Morgan fingerprint density at radius 1 is 1.00 bits per heavy atom. The number of benzene rings is 3. The number of aromatic hydroxyl groups is 2. The zero-order valence-electron chi connectivity index (χ0n) is 14.3. The molecule has 0 saturated carbocycles. The van der Waals surface area contributed by atoms with Crippen molar-refractivity contribution >= 4 is 23.7 Å². The number of hydrazone groups is 1. The van der Waals surface area contributed by atoms with Crippen LogP contribution in [0.4, 0.5) is 0 Å². The zero-order valence-corrected chi connectivity index (χ0v) is 15.0. The lowest BCUT2D eigenvalue weighted by atomic mass is 10.0. The molecule has 0 bridgehead atoms. The third-order valence-electron chi connectivity index (χ3n) is 3.96. The first-order chi connectivity index (χ1) is 13.0. The van der Waals surface area contributed by atoms with Gasteiger partial charge in [-0.25, -0.2) is 5.43 Å². The van der Waals surface area contributed by atoms with E-state index >= 15 is 0 Å². The van der Waals surface area contributed by atoms with E-state index < -0.39 is 5.91 Å². The van der Waals surface area contributed by atoms with Crippen molar-refractivity contribution in [2.75, 3.05) is 0 Å². The fraction of sp³-hybridized carbons (Fsp3) is 0.0476. The summed E-state index contributed by atoms with van der Waals surface area (Å²) in [6, 6.07) is 18.9. The summed E-state index contributed by atoms with van der Waals surface area (Å²) in [6.45, 7) is 0. The van der Waals surface area contributed by atoms with Gasteiger partial charge in [-0.2, -0.15) is 5.10 Å². The van der Waals surface area contributed by atoms with Crippen LogP contribution in [0.2, 0.25) is 5.02 Å². The molecule has 0 fully saturated rings. The van der Waals surface area contributed by atoms with Crippen LogP contribution in [0.5, 0.6) is 11.5 Å². The van der Waals surface area contributed by atoms with Gasteiger partial charge in [0.2, 0.25) is 0 Å². The van der Waals surface area contributed by atoms with E-state index in [0.29, 0.717) is 17.0 Å². The Morgan fingerprint density at radius 2 is 1.74 bits per heavy atom. The summed E-state index contributed by atoms with van der Waals surface area (Å²) < 4.78 is 0. The molecule has 5 nitrogen and oxygen atoms in total. The van der Waals surface area contributed by atoms with Crippen molar-refractivity contribution in [2.45, 2.75) is 6.42 Å². The Labute approximate surface area is 161 Å². The molecule has 27 heavy (non-hydrogen) atoms. The molecule has 136 valence electrons. The van der Waals surface area contributed by atoms with E-state index in [1.165, 1.54) is 18.3 Å². The molecule has 0 atom stereocenters. The van der Waals surface area contributed by atoms with E-state index in [2.05, 4.69) is 10.5 Å². The van der Waals surface area contributed by atoms with E-state index in [0.717, 1.165) is 11.1 Å². The summed E-state index contributed by atoms with van der Waals surface area (Å²) in [5.41, 5.74) is 4.82. The Morgan fingerprint density at radius 3 is 2.52 bits per heavy atom. The van der Waals surface area contributed by atoms with Crippen molar-refractivity contribution in [1.29, 1.82) is 0 Å². The highest BCUT2D eigenvalue weighted by atomic mass is 35.5. The van der Waals surface area contributed by atoms with E-state index in [9.17, 15) is 15.0 Å². The maximum absolute atomic E-state index is 12.0. The quantitative estimate of drug-likeness (QED) is 0.460. The molecule has 3 aromatic carbocycles. The molecule has 0 spiro atoms. The normalized spacial score (nSPS) is 10.9. The molecule has 0 radical (unpaired) electrons. The summed E-state index contributed by atoms with van der Waals surface area (Å²) in [5.74, 6) is -0.635. The smallest absolute Gasteiger partial charge is 0.275 e. The van der Waals surface area contributed by atoms with Gasteiger partial charge in [-0.1, -0.05) is 48.0 Å². The van der Waals surface area contributed by atoms with Crippen molar-refractivity contribution in [3.8, 4) is 11.5 Å². The number of nitrogens with one attached hydrogen (secondary N) is 1. The second-order valence-corrected chi connectivity index (χ2v) is 6.28. The third kappa shape index (κ3) is 4.65. The van der Waals surface area contributed by atoms with Gasteiger partial charge in [-0.05, 0) is 47.9 Å². The van der Waals surface area contributed by atoms with Crippen LogP contribution in [0.1, 0.15) is 27.0 Å². The lowest BCUT2D eigenvalue weighted by Gasteiger charge is -2.07. The van der Waals surface area contributed by atoms with Crippen LogP contribution < -0.4 is 5.43 Å². The SMILES string of the molecule is O=C(N/N=C\c1cc(Cc2ccccc2Cl)ccc1O)c1ccccc1O. The topological polar surface area (TPSA) is 81.9 Å². The maximum Gasteiger partial charge on any atom is 0.275 e. The van der Waals surface area contributed by atoms with Crippen LogP contribution >= 0.6 is 11.6 Å². The Balaban J connectivity index is 1.73. The van der Waals surface area contributed by atoms with Gasteiger partial charge in [0.25, 0.3) is 5.91 Å². The highest BCUT2D eigenvalue weighted by molar-refractivity contribution is 6.31. The first-order valence-electron chi connectivity index (χ1n) is 8.21. The first-order valence-corrected chi connectivity index (χ1v) is 8.59. The second-order valence-electron chi connectivity index (χ2n) is 5.88. The molecule has 0 heterocycles. The number of rotatable bonds is 5. The van der Waals surface area contributed by atoms with Crippen LogP contribution in [0.3, 0.4) is 0 Å². The molecule has 1 amide bonds. The fourth-order valence-electron chi connectivity index (χ4n) is 2.57. The van der Waals surface area contributed by atoms with Crippen LogP contribution in [0, 0.1) is 0 Å². The van der Waals surface area contributed by atoms with Gasteiger partial charge in [0, 0.05) is 10.6 Å². The average molecular weight is 381 g/mol. The van der Waals surface area contributed by atoms with E-state index in [1.54, 1.807) is 30.3 Å². The number of hydrogen-bond acceptors (Lipinski definition) is 4. The minimum atomic E-state index is -0.545. The number of hydrogen-bond donors (Lipinski definition) is 3. The van der Waals surface area contributed by atoms with E-state index in [4.69, 9.17) is 11.6 Å². The number of phenols is 2. The van der Waals surface area contributed by atoms with Gasteiger partial charge in [0.05, 0.1) is 11.8 Å². The Kier molecular flexibility index (Phi) is 5.74. The number of nitrogens with zero attached hydrogens (tertiary/aromatic N) is 1. The molecule has 3 rings (SSSR count). The van der Waals surface area contributed by atoms with Crippen LogP contribution in [0.15, 0.2) is 71.8 Å². The predicted molar refractivity (Wildman–Crippen MR) is 106 cm³/mol. The van der Waals surface area contributed by atoms with Gasteiger partial charge in [0.15, 0.2) is 0 Å². The fourth-order valence-corrected chi connectivity index (χ4v) is 2.77. The summed E-state index contributed by atoms with van der Waals surface area (Å²) in [7, 11) is 0. The third-order valence-corrected chi connectivity index (χ3v) is 4.33. The molecule has 6 heteroatoms. The van der Waals surface area contributed by atoms with Crippen LogP contribution in [-0.2, 0) is 6.42 Å². The van der Waals surface area contributed by atoms with Gasteiger partial charge >= 0.3 is 0 Å². The number of amides is 1. The molecule has 0 saturated heterocycles. The Hall–Kier alpha value is -3.31. The van der Waals surface area contributed by atoms with Crippen molar-refractivity contribution in [1.82, 2.24) is 5.43 Å². The molecule has 0 aliphatic heterocycles. The summed E-state index contributed by atoms with van der Waals surface area (Å²) in [5, 5.41) is 24.2. The van der Waals surface area contributed by atoms with E-state index in [-0.39, 0.29) is 17.1 Å². The highest BCUT2D eigenvalue weighted by Gasteiger charge is 2.09. The standard InChI is InChI=1S/C21H17ClN2O3/c22-18-7-3-1-5-15(18)11-14-9-10-19(25)16(12-14)13-23-24-21(27)17-6-2-4-8-20(17)26/h1-10,12-13,25-26H,11H2,(H,24,27)/b23-13-. The highest BCUT2D eigenvalue weighted by Crippen LogP contribution is 2.22. The average Bonchev–Trinajstić information content (AvgIpc) is 2.66. The van der Waals surface area contributed by atoms with Crippen LogP contribution in [0.25, 0.3) is 0 Å². The molecule has 0 aromatic heterocycles. The Bertz CT molecular complexity index is 1000. The van der Waals surface area contributed by atoms with Crippen molar-refractivity contribution in [3.63, 3.8) is 0 Å². The number of carbonyl (C=O) groups excluding carboxylic acids is 1. The second kappa shape index (κ2) is 8.38. The zero-order chi connectivity index (χ0) is 19.2. The number of phenolic OH excluding ortho intramolecular Hbond substituents is 2. The van der Waals surface area contributed by atoms with Crippen molar-refractivity contribution < 1.29 is 15.0 Å². The monoisotopic (exact) mass is 380 g/mol. The lowest BCUT2D eigenvalue weighted by molar-refractivity contribution is 0.0952.